The lowest BCUT2D eigenvalue weighted by molar-refractivity contribution is -0.117. The second-order valence-electron chi connectivity index (χ2n) is 10.4. The third-order valence-corrected chi connectivity index (χ3v) is 7.60. The number of carbonyl (C=O) groups excluding carboxylic acids is 1. The first-order valence-corrected chi connectivity index (χ1v) is 13.7. The lowest BCUT2D eigenvalue weighted by Crippen LogP contribution is -2.18. The second kappa shape index (κ2) is 10.3. The number of amides is 1. The molecule has 1 amide bonds. The van der Waals surface area contributed by atoms with Crippen molar-refractivity contribution in [2.24, 2.45) is 5.92 Å². The first-order chi connectivity index (χ1) is 19.7. The summed E-state index contributed by atoms with van der Waals surface area (Å²) < 4.78 is 0. The van der Waals surface area contributed by atoms with Crippen molar-refractivity contribution < 1.29 is 4.79 Å². The summed E-state index contributed by atoms with van der Waals surface area (Å²) in [6.07, 6.45) is 11.8. The summed E-state index contributed by atoms with van der Waals surface area (Å²) in [4.78, 5) is 34.8. The highest BCUT2D eigenvalue weighted by atomic mass is 16.1. The third-order valence-electron chi connectivity index (χ3n) is 7.60. The minimum absolute atomic E-state index is 0.0429. The second-order valence-corrected chi connectivity index (χ2v) is 10.4. The SMILES string of the molecule is O=C(CC1CCCCC1)Nc1cncc(-c2ccc3[nH]nc(-c4nc5c(-c6ccccn6)cccc5[nH]4)c3n2)c1. The van der Waals surface area contributed by atoms with Gasteiger partial charge in [-0.2, -0.15) is 5.10 Å². The van der Waals surface area contributed by atoms with Crippen molar-refractivity contribution in [3.63, 3.8) is 0 Å². The molecule has 40 heavy (non-hydrogen) atoms. The molecular weight excluding hydrogens is 500 g/mol. The number of aromatic amines is 2. The van der Waals surface area contributed by atoms with Crippen LogP contribution in [0, 0.1) is 5.92 Å². The molecule has 1 aromatic carbocycles. The van der Waals surface area contributed by atoms with Gasteiger partial charge in [0, 0.05) is 29.9 Å². The van der Waals surface area contributed by atoms with Gasteiger partial charge in [-0.15, -0.1) is 0 Å². The Morgan fingerprint density at radius 2 is 1.82 bits per heavy atom. The van der Waals surface area contributed by atoms with Gasteiger partial charge in [0.1, 0.15) is 5.52 Å². The molecule has 1 fully saturated rings. The maximum Gasteiger partial charge on any atom is 0.224 e. The summed E-state index contributed by atoms with van der Waals surface area (Å²) >= 11 is 0. The summed E-state index contributed by atoms with van der Waals surface area (Å²) in [7, 11) is 0. The van der Waals surface area contributed by atoms with E-state index in [1.165, 1.54) is 19.3 Å². The van der Waals surface area contributed by atoms with Gasteiger partial charge in [0.25, 0.3) is 0 Å². The van der Waals surface area contributed by atoms with Crippen molar-refractivity contribution >= 4 is 33.7 Å². The number of nitrogens with one attached hydrogen (secondary N) is 3. The number of anilines is 1. The number of imidazole rings is 1. The Kier molecular flexibility index (Phi) is 6.24. The molecule has 7 rings (SSSR count). The largest absolute Gasteiger partial charge is 0.336 e. The number of hydrogen-bond donors (Lipinski definition) is 3. The van der Waals surface area contributed by atoms with Crippen LogP contribution >= 0.6 is 0 Å². The molecule has 198 valence electrons. The highest BCUT2D eigenvalue weighted by Crippen LogP contribution is 2.32. The monoisotopic (exact) mass is 528 g/mol. The Balaban J connectivity index is 1.19. The van der Waals surface area contributed by atoms with Crippen LogP contribution in [-0.2, 0) is 4.79 Å². The van der Waals surface area contributed by atoms with Gasteiger partial charge in [-0.1, -0.05) is 37.5 Å². The van der Waals surface area contributed by atoms with Crippen LogP contribution in [0.2, 0.25) is 0 Å². The van der Waals surface area contributed by atoms with Gasteiger partial charge in [0.2, 0.25) is 5.91 Å². The zero-order valence-corrected chi connectivity index (χ0v) is 21.9. The Labute approximate surface area is 230 Å². The number of H-pyrrole nitrogens is 2. The standard InChI is InChI=1S/C31H28N8O/c40-27(15-19-7-2-1-3-8-19)34-21-16-20(17-32-18-21)23-12-13-26-29(35-23)30(39-38-26)31-36-25-11-6-9-22(28(25)37-31)24-10-4-5-14-33-24/h4-6,9-14,16-19H,1-3,7-8,15H2,(H,34,40)(H,36,37)(H,38,39). The molecule has 6 aromatic rings. The van der Waals surface area contributed by atoms with Gasteiger partial charge in [-0.25, -0.2) is 9.97 Å². The average molecular weight is 529 g/mol. The Hall–Kier alpha value is -4.92. The average Bonchev–Trinajstić information content (AvgIpc) is 3.62. The van der Waals surface area contributed by atoms with Crippen LogP contribution in [0.3, 0.4) is 0 Å². The number of pyridine rings is 3. The third kappa shape index (κ3) is 4.70. The molecule has 0 bridgehead atoms. The molecule has 1 saturated carbocycles. The molecule has 9 nitrogen and oxygen atoms in total. The van der Waals surface area contributed by atoms with Crippen LogP contribution < -0.4 is 5.32 Å². The van der Waals surface area contributed by atoms with Crippen LogP contribution in [0.25, 0.3) is 56.1 Å². The molecule has 5 aromatic heterocycles. The predicted molar refractivity (Wildman–Crippen MR) is 155 cm³/mol. The molecule has 3 N–H and O–H groups in total. The molecule has 1 aliphatic rings. The Bertz CT molecular complexity index is 1820. The highest BCUT2D eigenvalue weighted by Gasteiger charge is 2.19. The number of rotatable bonds is 6. The number of carbonyl (C=O) groups is 1. The number of benzene rings is 1. The van der Waals surface area contributed by atoms with Gasteiger partial charge in [-0.3, -0.25) is 19.9 Å². The number of fused-ring (bicyclic) bond motifs is 2. The molecule has 0 unspecified atom stereocenters. The molecule has 1 aliphatic carbocycles. The smallest absolute Gasteiger partial charge is 0.224 e. The normalized spacial score (nSPS) is 14.1. The van der Waals surface area contributed by atoms with Crippen molar-refractivity contribution in [2.45, 2.75) is 38.5 Å². The minimum Gasteiger partial charge on any atom is -0.336 e. The number of nitrogens with zero attached hydrogens (tertiary/aromatic N) is 5. The first-order valence-electron chi connectivity index (χ1n) is 13.7. The quantitative estimate of drug-likeness (QED) is 0.226. The first kappa shape index (κ1) is 24.1. The van der Waals surface area contributed by atoms with E-state index in [2.05, 4.69) is 30.5 Å². The van der Waals surface area contributed by atoms with Gasteiger partial charge in [0.05, 0.1) is 39.8 Å². The van der Waals surface area contributed by atoms with Gasteiger partial charge < -0.3 is 10.3 Å². The van der Waals surface area contributed by atoms with E-state index < -0.39 is 0 Å². The lowest BCUT2D eigenvalue weighted by Gasteiger charge is -2.20. The minimum atomic E-state index is 0.0429. The van der Waals surface area contributed by atoms with Crippen molar-refractivity contribution in [1.29, 1.82) is 0 Å². The Morgan fingerprint density at radius 1 is 0.900 bits per heavy atom. The zero-order chi connectivity index (χ0) is 26.9. The van der Waals surface area contributed by atoms with Crippen molar-refractivity contribution in [3.05, 3.63) is 73.2 Å². The van der Waals surface area contributed by atoms with E-state index in [1.54, 1.807) is 18.6 Å². The van der Waals surface area contributed by atoms with Gasteiger partial charge in [-0.05, 0) is 55.2 Å². The van der Waals surface area contributed by atoms with Gasteiger partial charge >= 0.3 is 0 Å². The summed E-state index contributed by atoms with van der Waals surface area (Å²) in [5.74, 6) is 1.14. The van der Waals surface area contributed by atoms with E-state index in [0.29, 0.717) is 35.1 Å². The number of para-hydroxylation sites is 1. The van der Waals surface area contributed by atoms with Crippen LogP contribution in [0.5, 0.6) is 0 Å². The molecular formula is C31H28N8O. The maximum atomic E-state index is 12.7. The molecule has 5 heterocycles. The fourth-order valence-electron chi connectivity index (χ4n) is 5.61. The zero-order valence-electron chi connectivity index (χ0n) is 21.9. The molecule has 0 spiro atoms. The number of hydrogen-bond acceptors (Lipinski definition) is 6. The van der Waals surface area contributed by atoms with Crippen LogP contribution in [0.4, 0.5) is 5.69 Å². The summed E-state index contributed by atoms with van der Waals surface area (Å²) in [6.45, 7) is 0. The summed E-state index contributed by atoms with van der Waals surface area (Å²) in [5.41, 5.74) is 7.87. The number of aromatic nitrogens is 7. The molecule has 0 saturated heterocycles. The lowest BCUT2D eigenvalue weighted by atomic mass is 9.87. The fraction of sp³-hybridized carbons (Fsp3) is 0.226. The topological polar surface area (TPSA) is 125 Å². The van der Waals surface area contributed by atoms with Crippen molar-refractivity contribution in [2.75, 3.05) is 5.32 Å². The van der Waals surface area contributed by atoms with Crippen LogP contribution in [-0.4, -0.2) is 41.0 Å². The van der Waals surface area contributed by atoms with Crippen LogP contribution in [0.15, 0.2) is 73.2 Å². The summed E-state index contributed by atoms with van der Waals surface area (Å²) in [5, 5.41) is 10.7. The molecule has 0 atom stereocenters. The van der Waals surface area contributed by atoms with Crippen molar-refractivity contribution in [3.8, 4) is 34.0 Å². The molecule has 9 heteroatoms. The van der Waals surface area contributed by atoms with E-state index in [9.17, 15) is 4.79 Å². The summed E-state index contributed by atoms with van der Waals surface area (Å²) in [6, 6.07) is 17.6. The van der Waals surface area contributed by atoms with E-state index in [-0.39, 0.29) is 5.91 Å². The van der Waals surface area contributed by atoms with E-state index in [4.69, 9.17) is 9.97 Å². The predicted octanol–water partition coefficient (Wildman–Crippen LogP) is 6.53. The van der Waals surface area contributed by atoms with Crippen molar-refractivity contribution in [1.82, 2.24) is 35.1 Å². The highest BCUT2D eigenvalue weighted by molar-refractivity contribution is 5.96. The van der Waals surface area contributed by atoms with E-state index >= 15 is 0 Å². The fourth-order valence-corrected chi connectivity index (χ4v) is 5.61. The van der Waals surface area contributed by atoms with Crippen LogP contribution in [0.1, 0.15) is 38.5 Å². The van der Waals surface area contributed by atoms with E-state index in [0.717, 1.165) is 51.9 Å². The van der Waals surface area contributed by atoms with E-state index in [1.807, 2.05) is 54.6 Å². The molecule has 0 radical (unpaired) electrons. The van der Waals surface area contributed by atoms with Gasteiger partial charge in [0.15, 0.2) is 11.5 Å². The molecule has 0 aliphatic heterocycles. The Morgan fingerprint density at radius 3 is 2.70 bits per heavy atom. The maximum absolute atomic E-state index is 12.7.